The van der Waals surface area contributed by atoms with Gasteiger partial charge in [-0.25, -0.2) is 9.37 Å². The molecular formula is C25H28FN5O2. The average molecular weight is 450 g/mol. The molecule has 1 amide bonds. The summed E-state index contributed by atoms with van der Waals surface area (Å²) in [6.07, 6.45) is 9.21. The van der Waals surface area contributed by atoms with Crippen molar-refractivity contribution in [2.24, 2.45) is 5.92 Å². The SMILES string of the molecule is O=C(NC1CCCCC1)C1CCN(c2ncccc2-c2nc(-c3cccc(F)c3)no2)CC1. The van der Waals surface area contributed by atoms with Crippen LogP contribution in [0, 0.1) is 11.7 Å². The van der Waals surface area contributed by atoms with E-state index in [2.05, 4.69) is 25.3 Å². The Balaban J connectivity index is 1.27. The molecule has 1 saturated heterocycles. The lowest BCUT2D eigenvalue weighted by atomic mass is 9.92. The van der Waals surface area contributed by atoms with E-state index in [0.29, 0.717) is 23.3 Å². The first kappa shape index (κ1) is 21.6. The predicted octanol–water partition coefficient (Wildman–Crippen LogP) is 4.60. The van der Waals surface area contributed by atoms with E-state index in [0.717, 1.165) is 50.2 Å². The highest BCUT2D eigenvalue weighted by molar-refractivity contribution is 5.79. The normalized spacial score (nSPS) is 17.8. The van der Waals surface area contributed by atoms with Gasteiger partial charge in [-0.3, -0.25) is 4.79 Å². The van der Waals surface area contributed by atoms with Crippen molar-refractivity contribution in [2.75, 3.05) is 18.0 Å². The van der Waals surface area contributed by atoms with E-state index in [1.807, 2.05) is 12.1 Å². The number of carbonyl (C=O) groups is 1. The maximum Gasteiger partial charge on any atom is 0.261 e. The average Bonchev–Trinajstić information content (AvgIpc) is 3.35. The number of benzene rings is 1. The Labute approximate surface area is 192 Å². The number of hydrogen-bond acceptors (Lipinski definition) is 6. The molecule has 1 aliphatic carbocycles. The van der Waals surface area contributed by atoms with Crippen molar-refractivity contribution >= 4 is 11.7 Å². The van der Waals surface area contributed by atoms with Gasteiger partial charge in [0.05, 0.1) is 5.56 Å². The van der Waals surface area contributed by atoms with Crippen molar-refractivity contribution in [1.29, 1.82) is 0 Å². The van der Waals surface area contributed by atoms with Crippen LogP contribution >= 0.6 is 0 Å². The highest BCUT2D eigenvalue weighted by atomic mass is 19.1. The van der Waals surface area contributed by atoms with Crippen molar-refractivity contribution in [2.45, 2.75) is 51.0 Å². The molecular weight excluding hydrogens is 421 g/mol. The van der Waals surface area contributed by atoms with Crippen LogP contribution in [0.5, 0.6) is 0 Å². The standard InChI is InChI=1S/C25H28FN5O2/c26-19-7-4-6-18(16-19)22-29-25(33-30-22)21-10-5-13-27-23(21)31-14-11-17(12-15-31)24(32)28-20-8-2-1-3-9-20/h4-7,10,13,16-17,20H,1-3,8-9,11-12,14-15H2,(H,28,32). The van der Waals surface area contributed by atoms with Crippen molar-refractivity contribution < 1.29 is 13.7 Å². The molecule has 1 aliphatic heterocycles. The van der Waals surface area contributed by atoms with Gasteiger partial charge in [0.2, 0.25) is 11.7 Å². The maximum absolute atomic E-state index is 13.6. The molecule has 2 aliphatic rings. The Bertz CT molecular complexity index is 1100. The van der Waals surface area contributed by atoms with Gasteiger partial charge in [0.15, 0.2) is 0 Å². The summed E-state index contributed by atoms with van der Waals surface area (Å²) in [5, 5.41) is 7.30. The van der Waals surface area contributed by atoms with Crippen molar-refractivity contribution in [3.05, 3.63) is 48.4 Å². The molecule has 3 aromatic rings. The summed E-state index contributed by atoms with van der Waals surface area (Å²) < 4.78 is 19.1. The molecule has 0 unspecified atom stereocenters. The summed E-state index contributed by atoms with van der Waals surface area (Å²) in [6, 6.07) is 10.2. The summed E-state index contributed by atoms with van der Waals surface area (Å²) in [5.41, 5.74) is 1.29. The van der Waals surface area contributed by atoms with E-state index >= 15 is 0 Å². The quantitative estimate of drug-likeness (QED) is 0.613. The molecule has 0 bridgehead atoms. The van der Waals surface area contributed by atoms with Crippen LogP contribution in [0.2, 0.25) is 0 Å². The molecule has 2 fully saturated rings. The largest absolute Gasteiger partial charge is 0.356 e. The van der Waals surface area contributed by atoms with Gasteiger partial charge in [-0.1, -0.05) is 36.6 Å². The number of nitrogens with zero attached hydrogens (tertiary/aromatic N) is 4. The number of aromatic nitrogens is 3. The molecule has 33 heavy (non-hydrogen) atoms. The van der Waals surface area contributed by atoms with E-state index in [-0.39, 0.29) is 17.6 Å². The van der Waals surface area contributed by atoms with Crippen molar-refractivity contribution in [3.8, 4) is 22.8 Å². The topological polar surface area (TPSA) is 84.2 Å². The van der Waals surface area contributed by atoms with Gasteiger partial charge in [-0.2, -0.15) is 4.98 Å². The van der Waals surface area contributed by atoms with Crippen LogP contribution in [0.4, 0.5) is 10.2 Å². The summed E-state index contributed by atoms with van der Waals surface area (Å²) in [7, 11) is 0. The van der Waals surface area contributed by atoms with Gasteiger partial charge in [-0.05, 0) is 49.9 Å². The number of piperidine rings is 1. The summed E-state index contributed by atoms with van der Waals surface area (Å²) in [4.78, 5) is 24.0. The second-order valence-corrected chi connectivity index (χ2v) is 8.91. The van der Waals surface area contributed by atoms with Crippen molar-refractivity contribution in [3.63, 3.8) is 0 Å². The van der Waals surface area contributed by atoms with Gasteiger partial charge >= 0.3 is 0 Å². The minimum absolute atomic E-state index is 0.0401. The Morgan fingerprint density at radius 1 is 1.06 bits per heavy atom. The highest BCUT2D eigenvalue weighted by Crippen LogP contribution is 2.32. The number of anilines is 1. The van der Waals surface area contributed by atoms with Crippen LogP contribution in [0.1, 0.15) is 44.9 Å². The molecule has 7 nitrogen and oxygen atoms in total. The molecule has 0 radical (unpaired) electrons. The van der Waals surface area contributed by atoms with E-state index < -0.39 is 0 Å². The lowest BCUT2D eigenvalue weighted by Crippen LogP contribution is -2.44. The van der Waals surface area contributed by atoms with Gasteiger partial charge in [0.1, 0.15) is 11.6 Å². The molecule has 8 heteroatoms. The zero-order valence-electron chi connectivity index (χ0n) is 18.5. The van der Waals surface area contributed by atoms with Gasteiger partial charge in [0, 0.05) is 36.8 Å². The molecule has 0 atom stereocenters. The highest BCUT2D eigenvalue weighted by Gasteiger charge is 2.29. The molecule has 172 valence electrons. The maximum atomic E-state index is 13.6. The van der Waals surface area contributed by atoms with E-state index in [1.165, 1.54) is 31.4 Å². The molecule has 1 N–H and O–H groups in total. The van der Waals surface area contributed by atoms with Gasteiger partial charge in [-0.15, -0.1) is 0 Å². The first-order valence-corrected chi connectivity index (χ1v) is 11.8. The zero-order valence-corrected chi connectivity index (χ0v) is 18.5. The first-order chi connectivity index (χ1) is 16.2. The van der Waals surface area contributed by atoms with Crippen LogP contribution in [-0.4, -0.2) is 40.2 Å². The number of halogens is 1. The number of hydrogen-bond donors (Lipinski definition) is 1. The lowest BCUT2D eigenvalue weighted by molar-refractivity contribution is -0.126. The summed E-state index contributed by atoms with van der Waals surface area (Å²) >= 11 is 0. The number of amides is 1. The van der Waals surface area contributed by atoms with Gasteiger partial charge in [0.25, 0.3) is 5.89 Å². The second kappa shape index (κ2) is 9.68. The first-order valence-electron chi connectivity index (χ1n) is 11.8. The minimum Gasteiger partial charge on any atom is -0.356 e. The predicted molar refractivity (Wildman–Crippen MR) is 123 cm³/mol. The number of pyridine rings is 1. The number of carbonyl (C=O) groups excluding carboxylic acids is 1. The molecule has 1 aromatic carbocycles. The third-order valence-electron chi connectivity index (χ3n) is 6.64. The van der Waals surface area contributed by atoms with Crippen molar-refractivity contribution in [1.82, 2.24) is 20.4 Å². The third kappa shape index (κ3) is 4.89. The molecule has 0 spiro atoms. The minimum atomic E-state index is -0.351. The smallest absolute Gasteiger partial charge is 0.261 e. The van der Waals surface area contributed by atoms with E-state index in [9.17, 15) is 9.18 Å². The van der Waals surface area contributed by atoms with Gasteiger partial charge < -0.3 is 14.7 Å². The Hall–Kier alpha value is -3.29. The molecule has 3 heterocycles. The molecule has 1 saturated carbocycles. The fourth-order valence-corrected chi connectivity index (χ4v) is 4.81. The lowest BCUT2D eigenvalue weighted by Gasteiger charge is -2.34. The Morgan fingerprint density at radius 2 is 1.88 bits per heavy atom. The van der Waals surface area contributed by atoms with Crippen LogP contribution in [0.25, 0.3) is 22.8 Å². The summed E-state index contributed by atoms with van der Waals surface area (Å²) in [6.45, 7) is 1.47. The summed E-state index contributed by atoms with van der Waals surface area (Å²) in [5.74, 6) is 1.32. The Kier molecular flexibility index (Phi) is 6.32. The van der Waals surface area contributed by atoms with Crippen LogP contribution in [0.3, 0.4) is 0 Å². The fraction of sp³-hybridized carbons (Fsp3) is 0.440. The number of nitrogens with one attached hydrogen (secondary N) is 1. The van der Waals surface area contributed by atoms with Crippen LogP contribution in [0.15, 0.2) is 47.1 Å². The monoisotopic (exact) mass is 449 g/mol. The van der Waals surface area contributed by atoms with Crippen LogP contribution in [-0.2, 0) is 4.79 Å². The van der Waals surface area contributed by atoms with Crippen LogP contribution < -0.4 is 10.2 Å². The van der Waals surface area contributed by atoms with E-state index in [4.69, 9.17) is 4.52 Å². The second-order valence-electron chi connectivity index (χ2n) is 8.91. The van der Waals surface area contributed by atoms with E-state index in [1.54, 1.807) is 18.3 Å². The Morgan fingerprint density at radius 3 is 2.67 bits per heavy atom. The molecule has 5 rings (SSSR count). The third-order valence-corrected chi connectivity index (χ3v) is 6.64. The number of rotatable bonds is 5. The zero-order chi connectivity index (χ0) is 22.6. The fourth-order valence-electron chi connectivity index (χ4n) is 4.81. The molecule has 2 aromatic heterocycles.